The first kappa shape index (κ1) is 13.7. The second-order valence-electron chi connectivity index (χ2n) is 5.27. The summed E-state index contributed by atoms with van der Waals surface area (Å²) in [7, 11) is 0. The molecule has 0 spiro atoms. The number of nitrogens with one attached hydrogen (secondary N) is 1. The summed E-state index contributed by atoms with van der Waals surface area (Å²) in [6, 6.07) is 7.61. The van der Waals surface area contributed by atoms with E-state index in [9.17, 15) is 4.79 Å². The van der Waals surface area contributed by atoms with Gasteiger partial charge in [0.05, 0.1) is 5.69 Å². The molecule has 21 heavy (non-hydrogen) atoms. The number of carbonyl (C=O) groups excluding carboxylic acids is 1. The van der Waals surface area contributed by atoms with E-state index in [0.29, 0.717) is 12.2 Å². The van der Waals surface area contributed by atoms with Crippen LogP contribution in [0.15, 0.2) is 36.7 Å². The summed E-state index contributed by atoms with van der Waals surface area (Å²) in [5.74, 6) is 0.590. The number of fused-ring (bicyclic) bond motifs is 4. The van der Waals surface area contributed by atoms with Gasteiger partial charge in [-0.2, -0.15) is 0 Å². The standard InChI is InChI=1S/C16H18N4O/c17-13-5-1-2-6-15(21)20-16-12(4-3-8-19-16)11-7-9-18-14(13)10-11/h3-4,7-10,13H,1-2,5-6,17H2,(H,19,20,21). The van der Waals surface area contributed by atoms with Crippen molar-refractivity contribution in [2.24, 2.45) is 5.73 Å². The number of nitrogens with two attached hydrogens (primary N) is 1. The smallest absolute Gasteiger partial charge is 0.225 e. The molecular weight excluding hydrogens is 264 g/mol. The van der Waals surface area contributed by atoms with Gasteiger partial charge in [-0.3, -0.25) is 9.78 Å². The maximum absolute atomic E-state index is 12.0. The molecule has 0 aliphatic carbocycles. The zero-order valence-corrected chi connectivity index (χ0v) is 11.7. The number of pyridine rings is 2. The van der Waals surface area contributed by atoms with E-state index in [1.54, 1.807) is 12.4 Å². The highest BCUT2D eigenvalue weighted by molar-refractivity contribution is 5.93. The molecule has 0 aromatic carbocycles. The molecule has 1 atom stereocenters. The number of amides is 1. The average Bonchev–Trinajstić information content (AvgIpc) is 2.51. The minimum Gasteiger partial charge on any atom is -0.323 e. The Morgan fingerprint density at radius 1 is 1.19 bits per heavy atom. The van der Waals surface area contributed by atoms with Crippen molar-refractivity contribution in [3.05, 3.63) is 42.4 Å². The first-order valence-electron chi connectivity index (χ1n) is 7.21. The monoisotopic (exact) mass is 282 g/mol. The zero-order chi connectivity index (χ0) is 14.7. The fraction of sp³-hybridized carbons (Fsp3) is 0.312. The van der Waals surface area contributed by atoms with Crippen molar-refractivity contribution < 1.29 is 4.79 Å². The molecule has 2 aromatic rings. The molecule has 1 aliphatic heterocycles. The summed E-state index contributed by atoms with van der Waals surface area (Å²) in [5.41, 5.74) is 8.94. The number of nitrogens with zero attached hydrogens (tertiary/aromatic N) is 2. The highest BCUT2D eigenvalue weighted by Crippen LogP contribution is 2.28. The van der Waals surface area contributed by atoms with Gasteiger partial charge in [0.25, 0.3) is 0 Å². The normalized spacial score (nSPS) is 18.9. The molecule has 3 heterocycles. The largest absolute Gasteiger partial charge is 0.323 e. The molecule has 1 aliphatic rings. The molecule has 0 saturated carbocycles. The van der Waals surface area contributed by atoms with Crippen LogP contribution in [-0.2, 0) is 4.79 Å². The number of rotatable bonds is 0. The summed E-state index contributed by atoms with van der Waals surface area (Å²) in [5, 5.41) is 2.90. The Kier molecular flexibility index (Phi) is 3.92. The van der Waals surface area contributed by atoms with Crippen LogP contribution in [0.5, 0.6) is 0 Å². The Balaban J connectivity index is 2.08. The van der Waals surface area contributed by atoms with Crippen LogP contribution >= 0.6 is 0 Å². The quantitative estimate of drug-likeness (QED) is 0.778. The van der Waals surface area contributed by atoms with E-state index in [1.165, 1.54) is 0 Å². The van der Waals surface area contributed by atoms with Crippen molar-refractivity contribution in [3.63, 3.8) is 0 Å². The highest BCUT2D eigenvalue weighted by Gasteiger charge is 2.14. The van der Waals surface area contributed by atoms with Crippen molar-refractivity contribution in [3.8, 4) is 11.1 Å². The third-order valence-electron chi connectivity index (χ3n) is 3.71. The lowest BCUT2D eigenvalue weighted by Crippen LogP contribution is -2.16. The predicted octanol–water partition coefficient (Wildman–Crippen LogP) is 2.66. The number of hydrogen-bond donors (Lipinski definition) is 2. The zero-order valence-electron chi connectivity index (χ0n) is 11.7. The lowest BCUT2D eigenvalue weighted by Gasteiger charge is -2.15. The minimum atomic E-state index is -0.0902. The fourth-order valence-electron chi connectivity index (χ4n) is 2.55. The van der Waals surface area contributed by atoms with Gasteiger partial charge >= 0.3 is 0 Å². The van der Waals surface area contributed by atoms with Crippen molar-refractivity contribution in [2.75, 3.05) is 5.32 Å². The van der Waals surface area contributed by atoms with E-state index in [2.05, 4.69) is 15.3 Å². The maximum Gasteiger partial charge on any atom is 0.225 e. The van der Waals surface area contributed by atoms with Gasteiger partial charge in [0.15, 0.2) is 0 Å². The molecule has 3 N–H and O–H groups in total. The summed E-state index contributed by atoms with van der Waals surface area (Å²) in [6.07, 6.45) is 6.50. The Morgan fingerprint density at radius 2 is 2.10 bits per heavy atom. The molecule has 0 radical (unpaired) electrons. The maximum atomic E-state index is 12.0. The van der Waals surface area contributed by atoms with Gasteiger partial charge in [-0.05, 0) is 42.7 Å². The van der Waals surface area contributed by atoms with Gasteiger partial charge in [0.2, 0.25) is 5.91 Å². The molecule has 1 amide bonds. The number of hydrogen-bond acceptors (Lipinski definition) is 4. The van der Waals surface area contributed by atoms with Crippen molar-refractivity contribution in [2.45, 2.75) is 31.7 Å². The van der Waals surface area contributed by atoms with E-state index >= 15 is 0 Å². The van der Waals surface area contributed by atoms with Crippen molar-refractivity contribution in [1.29, 1.82) is 0 Å². The first-order valence-corrected chi connectivity index (χ1v) is 7.21. The predicted molar refractivity (Wildman–Crippen MR) is 81.5 cm³/mol. The fourth-order valence-corrected chi connectivity index (χ4v) is 2.55. The highest BCUT2D eigenvalue weighted by atomic mass is 16.1. The van der Waals surface area contributed by atoms with Crippen LogP contribution in [0.2, 0.25) is 0 Å². The van der Waals surface area contributed by atoms with Crippen molar-refractivity contribution in [1.82, 2.24) is 9.97 Å². The molecule has 5 heteroatoms. The molecule has 3 rings (SSSR count). The van der Waals surface area contributed by atoms with E-state index in [1.807, 2.05) is 24.3 Å². The van der Waals surface area contributed by atoms with Gasteiger partial charge in [0, 0.05) is 30.4 Å². The topological polar surface area (TPSA) is 80.9 Å². The number of aromatic nitrogens is 2. The van der Waals surface area contributed by atoms with Crippen LogP contribution in [0.25, 0.3) is 11.1 Å². The van der Waals surface area contributed by atoms with E-state index in [4.69, 9.17) is 5.73 Å². The number of carbonyl (C=O) groups is 1. The SMILES string of the molecule is NC1CCCCC(=O)Nc2ncccc2-c2ccnc1c2. The molecule has 2 aromatic heterocycles. The van der Waals surface area contributed by atoms with Gasteiger partial charge in [0.1, 0.15) is 5.82 Å². The van der Waals surface area contributed by atoms with Crippen LogP contribution in [0, 0.1) is 0 Å². The molecular formula is C16H18N4O. The van der Waals surface area contributed by atoms with Gasteiger partial charge in [-0.15, -0.1) is 0 Å². The summed E-state index contributed by atoms with van der Waals surface area (Å²) in [4.78, 5) is 20.6. The minimum absolute atomic E-state index is 0.00151. The van der Waals surface area contributed by atoms with Crippen LogP contribution in [0.3, 0.4) is 0 Å². The molecule has 1 unspecified atom stereocenters. The Bertz CT molecular complexity index is 656. The number of anilines is 1. The molecule has 0 saturated heterocycles. The summed E-state index contributed by atoms with van der Waals surface area (Å²) >= 11 is 0. The lowest BCUT2D eigenvalue weighted by molar-refractivity contribution is -0.116. The first-order chi connectivity index (χ1) is 10.2. The Hall–Kier alpha value is -2.27. The Morgan fingerprint density at radius 3 is 3.00 bits per heavy atom. The van der Waals surface area contributed by atoms with Crippen molar-refractivity contribution >= 4 is 11.7 Å². The van der Waals surface area contributed by atoms with Crippen LogP contribution in [0.1, 0.15) is 37.4 Å². The van der Waals surface area contributed by atoms with Gasteiger partial charge < -0.3 is 11.1 Å². The second-order valence-corrected chi connectivity index (χ2v) is 5.27. The molecule has 0 fully saturated rings. The lowest BCUT2D eigenvalue weighted by atomic mass is 10.0. The van der Waals surface area contributed by atoms with Crippen LogP contribution in [0.4, 0.5) is 5.82 Å². The molecule has 5 nitrogen and oxygen atoms in total. The van der Waals surface area contributed by atoms with Crippen LogP contribution < -0.4 is 11.1 Å². The van der Waals surface area contributed by atoms with Gasteiger partial charge in [-0.1, -0.05) is 6.42 Å². The van der Waals surface area contributed by atoms with Gasteiger partial charge in [-0.25, -0.2) is 4.98 Å². The third kappa shape index (κ3) is 3.08. The van der Waals surface area contributed by atoms with Crippen LogP contribution in [-0.4, -0.2) is 15.9 Å². The van der Waals surface area contributed by atoms with E-state index < -0.39 is 0 Å². The van der Waals surface area contributed by atoms with E-state index in [0.717, 1.165) is 36.1 Å². The summed E-state index contributed by atoms with van der Waals surface area (Å²) in [6.45, 7) is 0. The molecule has 2 bridgehead atoms. The third-order valence-corrected chi connectivity index (χ3v) is 3.71. The second kappa shape index (κ2) is 6.01. The molecule has 108 valence electrons. The average molecular weight is 282 g/mol. The van der Waals surface area contributed by atoms with E-state index in [-0.39, 0.29) is 11.9 Å². The Labute approximate surface area is 123 Å². The summed E-state index contributed by atoms with van der Waals surface area (Å²) < 4.78 is 0.